The minimum atomic E-state index is -3.75. The number of anilines is 1. The normalized spacial score (nSPS) is 11.6. The second-order valence-corrected chi connectivity index (χ2v) is 6.76. The van der Waals surface area contributed by atoms with E-state index in [4.69, 9.17) is 15.2 Å². The topological polar surface area (TPSA) is 83.5 Å². The lowest BCUT2D eigenvalue weighted by atomic mass is 10.2. The molecular weight excluding hydrogens is 316 g/mol. The van der Waals surface area contributed by atoms with Crippen molar-refractivity contribution in [3.05, 3.63) is 48.7 Å². The number of methoxy groups -OCH3 is 2. The summed E-state index contributed by atoms with van der Waals surface area (Å²) in [6, 6.07) is 11.3. The van der Waals surface area contributed by atoms with Crippen LogP contribution in [0, 0.1) is 0 Å². The molecule has 7 heteroatoms. The molecule has 0 aliphatic heterocycles. The summed E-state index contributed by atoms with van der Waals surface area (Å²) in [5.74, 6) is 1.10. The van der Waals surface area contributed by atoms with Gasteiger partial charge in [0.25, 0.3) is 10.0 Å². The molecule has 0 aliphatic carbocycles. The van der Waals surface area contributed by atoms with Gasteiger partial charge in [-0.1, -0.05) is 0 Å². The van der Waals surface area contributed by atoms with Gasteiger partial charge in [-0.05, 0) is 42.5 Å². The average molecular weight is 332 g/mol. The van der Waals surface area contributed by atoms with Crippen LogP contribution in [0.15, 0.2) is 53.6 Å². The van der Waals surface area contributed by atoms with Crippen LogP contribution in [-0.4, -0.2) is 26.6 Å². The molecule has 23 heavy (non-hydrogen) atoms. The Bertz CT molecular complexity index is 977. The third-order valence-electron chi connectivity index (χ3n) is 3.62. The van der Waals surface area contributed by atoms with Crippen molar-refractivity contribution in [1.29, 1.82) is 0 Å². The fourth-order valence-corrected chi connectivity index (χ4v) is 3.81. The zero-order chi connectivity index (χ0) is 16.6. The number of nitrogens with zero attached hydrogens (tertiary/aromatic N) is 1. The SMILES string of the molecule is COc1ccc2c(ccn2S(=O)(=O)c2ccc(OC)c(N)c2)c1. The van der Waals surface area contributed by atoms with Crippen LogP contribution in [0.25, 0.3) is 10.9 Å². The zero-order valence-corrected chi connectivity index (χ0v) is 13.5. The van der Waals surface area contributed by atoms with E-state index in [0.717, 1.165) is 5.39 Å². The molecule has 2 aromatic carbocycles. The van der Waals surface area contributed by atoms with Gasteiger partial charge < -0.3 is 15.2 Å². The van der Waals surface area contributed by atoms with Crippen molar-refractivity contribution in [1.82, 2.24) is 3.97 Å². The van der Waals surface area contributed by atoms with Crippen LogP contribution >= 0.6 is 0 Å². The number of aromatic nitrogens is 1. The lowest BCUT2D eigenvalue weighted by molar-refractivity contribution is 0.415. The fraction of sp³-hybridized carbons (Fsp3) is 0.125. The number of fused-ring (bicyclic) bond motifs is 1. The number of nitrogens with two attached hydrogens (primary N) is 1. The number of rotatable bonds is 4. The maximum absolute atomic E-state index is 12.9. The van der Waals surface area contributed by atoms with Gasteiger partial charge in [-0.25, -0.2) is 12.4 Å². The summed E-state index contributed by atoms with van der Waals surface area (Å²) in [7, 11) is -0.706. The highest BCUT2D eigenvalue weighted by Gasteiger charge is 2.20. The van der Waals surface area contributed by atoms with Gasteiger partial charge in [0, 0.05) is 11.6 Å². The van der Waals surface area contributed by atoms with Crippen LogP contribution in [0.1, 0.15) is 0 Å². The molecule has 0 amide bonds. The first kappa shape index (κ1) is 15.2. The summed E-state index contributed by atoms with van der Waals surface area (Å²) in [6.07, 6.45) is 1.51. The minimum Gasteiger partial charge on any atom is -0.497 e. The van der Waals surface area contributed by atoms with Gasteiger partial charge in [-0.15, -0.1) is 0 Å². The number of ether oxygens (including phenoxy) is 2. The lowest BCUT2D eigenvalue weighted by Crippen LogP contribution is -2.12. The molecule has 3 rings (SSSR count). The van der Waals surface area contributed by atoms with Crippen LogP contribution in [0.4, 0.5) is 5.69 Å². The summed E-state index contributed by atoms with van der Waals surface area (Å²) >= 11 is 0. The Labute approximate surface area is 134 Å². The molecule has 6 nitrogen and oxygen atoms in total. The Morgan fingerprint density at radius 2 is 1.78 bits per heavy atom. The first-order chi connectivity index (χ1) is 11.0. The largest absolute Gasteiger partial charge is 0.497 e. The molecule has 0 saturated heterocycles. The van der Waals surface area contributed by atoms with Crippen LogP contribution in [-0.2, 0) is 10.0 Å². The Kier molecular flexibility index (Phi) is 3.65. The number of nitrogen functional groups attached to an aromatic ring is 1. The molecule has 0 atom stereocenters. The first-order valence-corrected chi connectivity index (χ1v) is 8.25. The summed E-state index contributed by atoms with van der Waals surface area (Å²) in [5, 5.41) is 0.773. The minimum absolute atomic E-state index is 0.101. The predicted octanol–water partition coefficient (Wildman–Crippen LogP) is 2.48. The van der Waals surface area contributed by atoms with Crippen molar-refractivity contribution in [2.45, 2.75) is 4.90 Å². The Balaban J connectivity index is 2.15. The molecule has 120 valence electrons. The van der Waals surface area contributed by atoms with Gasteiger partial charge in [0.05, 0.1) is 30.3 Å². The van der Waals surface area contributed by atoms with Gasteiger partial charge in [0.2, 0.25) is 0 Å². The Morgan fingerprint density at radius 1 is 1.00 bits per heavy atom. The maximum Gasteiger partial charge on any atom is 0.268 e. The Hall–Kier alpha value is -2.67. The standard InChI is InChI=1S/C16H16N2O4S/c1-21-12-3-5-15-11(9-12)7-8-18(15)23(19,20)13-4-6-16(22-2)14(17)10-13/h3-10H,17H2,1-2H3. The van der Waals surface area contributed by atoms with E-state index in [-0.39, 0.29) is 10.6 Å². The average Bonchev–Trinajstić information content (AvgIpc) is 2.98. The van der Waals surface area contributed by atoms with Crippen molar-refractivity contribution in [3.8, 4) is 11.5 Å². The number of hydrogen-bond acceptors (Lipinski definition) is 5. The molecule has 1 aromatic heterocycles. The second-order valence-electron chi connectivity index (χ2n) is 4.95. The molecule has 0 spiro atoms. The first-order valence-electron chi connectivity index (χ1n) is 6.81. The van der Waals surface area contributed by atoms with E-state index < -0.39 is 10.0 Å². The molecular formula is C16H16N2O4S. The van der Waals surface area contributed by atoms with Crippen LogP contribution in [0.2, 0.25) is 0 Å². The quantitative estimate of drug-likeness (QED) is 0.742. The van der Waals surface area contributed by atoms with Gasteiger partial charge in [-0.2, -0.15) is 0 Å². The molecule has 0 aliphatic rings. The van der Waals surface area contributed by atoms with E-state index >= 15 is 0 Å². The van der Waals surface area contributed by atoms with E-state index in [2.05, 4.69) is 0 Å². The number of hydrogen-bond donors (Lipinski definition) is 1. The van der Waals surface area contributed by atoms with Gasteiger partial charge in [0.1, 0.15) is 11.5 Å². The van der Waals surface area contributed by atoms with Crippen molar-refractivity contribution < 1.29 is 17.9 Å². The Morgan fingerprint density at radius 3 is 2.43 bits per heavy atom. The molecule has 0 saturated carbocycles. The van der Waals surface area contributed by atoms with Crippen molar-refractivity contribution in [3.63, 3.8) is 0 Å². The summed E-state index contributed by atoms with van der Waals surface area (Å²) < 4.78 is 37.1. The molecule has 0 fully saturated rings. The van der Waals surface area contributed by atoms with Gasteiger partial charge in [-0.3, -0.25) is 0 Å². The third kappa shape index (κ3) is 2.49. The van der Waals surface area contributed by atoms with Crippen LogP contribution in [0.3, 0.4) is 0 Å². The lowest BCUT2D eigenvalue weighted by Gasteiger charge is -2.10. The monoisotopic (exact) mass is 332 g/mol. The van der Waals surface area contributed by atoms with E-state index in [9.17, 15) is 8.42 Å². The van der Waals surface area contributed by atoms with Crippen molar-refractivity contribution >= 4 is 26.6 Å². The van der Waals surface area contributed by atoms with Gasteiger partial charge >= 0.3 is 0 Å². The van der Waals surface area contributed by atoms with Crippen molar-refractivity contribution in [2.24, 2.45) is 0 Å². The molecule has 3 aromatic rings. The molecule has 0 radical (unpaired) electrons. The molecule has 0 unspecified atom stereocenters. The number of benzene rings is 2. The molecule has 1 heterocycles. The molecule has 2 N–H and O–H groups in total. The van der Waals surface area contributed by atoms with Crippen LogP contribution in [0.5, 0.6) is 11.5 Å². The highest BCUT2D eigenvalue weighted by Crippen LogP contribution is 2.29. The smallest absolute Gasteiger partial charge is 0.268 e. The second kappa shape index (κ2) is 5.51. The summed E-state index contributed by atoms with van der Waals surface area (Å²) in [6.45, 7) is 0. The third-order valence-corrected chi connectivity index (χ3v) is 5.31. The zero-order valence-electron chi connectivity index (χ0n) is 12.7. The fourth-order valence-electron chi connectivity index (χ4n) is 2.42. The van der Waals surface area contributed by atoms with Crippen molar-refractivity contribution in [2.75, 3.05) is 20.0 Å². The summed E-state index contributed by atoms with van der Waals surface area (Å²) in [5.41, 5.74) is 6.66. The maximum atomic E-state index is 12.9. The van der Waals surface area contributed by atoms with E-state index in [1.54, 1.807) is 31.4 Å². The van der Waals surface area contributed by atoms with E-state index in [0.29, 0.717) is 17.0 Å². The van der Waals surface area contributed by atoms with E-state index in [1.807, 2.05) is 0 Å². The predicted molar refractivity (Wildman–Crippen MR) is 88.5 cm³/mol. The van der Waals surface area contributed by atoms with E-state index in [1.165, 1.54) is 35.5 Å². The highest BCUT2D eigenvalue weighted by molar-refractivity contribution is 7.90. The van der Waals surface area contributed by atoms with Crippen LogP contribution < -0.4 is 15.2 Å². The summed E-state index contributed by atoms with van der Waals surface area (Å²) in [4.78, 5) is 0.101. The van der Waals surface area contributed by atoms with Gasteiger partial charge in [0.15, 0.2) is 0 Å². The highest BCUT2D eigenvalue weighted by atomic mass is 32.2. The molecule has 0 bridgehead atoms.